The third-order valence-corrected chi connectivity index (χ3v) is 4.03. The molecule has 6 heteroatoms. The molecule has 0 spiro atoms. The Morgan fingerprint density at radius 1 is 1.17 bits per heavy atom. The summed E-state index contributed by atoms with van der Waals surface area (Å²) in [5, 5.41) is 2.73. The van der Waals surface area contributed by atoms with Crippen LogP contribution in [0.2, 0.25) is 0 Å². The van der Waals surface area contributed by atoms with Crippen LogP contribution in [0.5, 0.6) is 0 Å². The quantitative estimate of drug-likeness (QED) is 0.752. The van der Waals surface area contributed by atoms with Crippen molar-refractivity contribution in [3.8, 4) is 0 Å². The van der Waals surface area contributed by atoms with Crippen LogP contribution < -0.4 is 16.0 Å². The second-order valence-corrected chi connectivity index (χ2v) is 5.89. The molecule has 126 valence electrons. The Morgan fingerprint density at radius 3 is 2.43 bits per heavy atom. The Morgan fingerprint density at radius 2 is 1.83 bits per heavy atom. The molecule has 1 aromatic rings. The van der Waals surface area contributed by atoms with Gasteiger partial charge >= 0.3 is 0 Å². The maximum atomic E-state index is 12.2. The van der Waals surface area contributed by atoms with E-state index in [0.29, 0.717) is 19.4 Å². The number of hydrogen-bond donors (Lipinski definition) is 2. The summed E-state index contributed by atoms with van der Waals surface area (Å²) >= 11 is 0. The van der Waals surface area contributed by atoms with Crippen molar-refractivity contribution < 1.29 is 9.59 Å². The second-order valence-electron chi connectivity index (χ2n) is 5.89. The highest BCUT2D eigenvalue weighted by molar-refractivity contribution is 5.81. The van der Waals surface area contributed by atoms with Crippen LogP contribution in [0.1, 0.15) is 19.8 Å². The number of rotatable bonds is 6. The van der Waals surface area contributed by atoms with E-state index < -0.39 is 6.04 Å². The van der Waals surface area contributed by atoms with Gasteiger partial charge in [0.25, 0.3) is 0 Å². The molecular weight excluding hydrogens is 292 g/mol. The molecule has 0 radical (unpaired) electrons. The SMILES string of the molecule is CC(N)C(=O)NCCCC(=O)N1CCN(c2ccccc2)CC1. The molecule has 1 aliphatic heterocycles. The van der Waals surface area contributed by atoms with Crippen molar-refractivity contribution >= 4 is 17.5 Å². The summed E-state index contributed by atoms with van der Waals surface area (Å²) in [4.78, 5) is 27.7. The summed E-state index contributed by atoms with van der Waals surface area (Å²) < 4.78 is 0. The number of nitrogens with zero attached hydrogens (tertiary/aromatic N) is 2. The monoisotopic (exact) mass is 318 g/mol. The topological polar surface area (TPSA) is 78.7 Å². The Bertz CT molecular complexity index is 511. The number of amides is 2. The summed E-state index contributed by atoms with van der Waals surface area (Å²) in [6.45, 7) is 5.36. The number of nitrogens with two attached hydrogens (primary N) is 1. The summed E-state index contributed by atoms with van der Waals surface area (Å²) in [5.74, 6) is -0.0123. The van der Waals surface area contributed by atoms with Crippen LogP contribution in [-0.4, -0.2) is 55.5 Å². The first-order valence-electron chi connectivity index (χ1n) is 8.19. The number of piperazine rings is 1. The molecular formula is C17H26N4O2. The lowest BCUT2D eigenvalue weighted by atomic mass is 10.2. The van der Waals surface area contributed by atoms with E-state index in [9.17, 15) is 9.59 Å². The molecule has 1 atom stereocenters. The van der Waals surface area contributed by atoms with Gasteiger partial charge in [-0.3, -0.25) is 9.59 Å². The Hall–Kier alpha value is -2.08. The predicted octanol–water partition coefficient (Wildman–Crippen LogP) is 0.579. The van der Waals surface area contributed by atoms with Crippen LogP contribution in [0.15, 0.2) is 30.3 Å². The average Bonchev–Trinajstić information content (AvgIpc) is 2.59. The molecule has 1 aromatic carbocycles. The van der Waals surface area contributed by atoms with Crippen molar-refractivity contribution in [2.24, 2.45) is 5.73 Å². The number of nitrogens with one attached hydrogen (secondary N) is 1. The van der Waals surface area contributed by atoms with Crippen LogP contribution in [0.25, 0.3) is 0 Å². The fourth-order valence-corrected chi connectivity index (χ4v) is 2.62. The summed E-state index contributed by atoms with van der Waals surface area (Å²) in [7, 11) is 0. The molecule has 1 unspecified atom stereocenters. The molecule has 2 rings (SSSR count). The van der Waals surface area contributed by atoms with Crippen molar-refractivity contribution in [3.63, 3.8) is 0 Å². The van der Waals surface area contributed by atoms with Crippen LogP contribution in [0, 0.1) is 0 Å². The van der Waals surface area contributed by atoms with Gasteiger partial charge in [0.1, 0.15) is 0 Å². The minimum absolute atomic E-state index is 0.160. The van der Waals surface area contributed by atoms with Crippen molar-refractivity contribution in [3.05, 3.63) is 30.3 Å². The predicted molar refractivity (Wildman–Crippen MR) is 91.1 cm³/mol. The number of carbonyl (C=O) groups excluding carboxylic acids is 2. The smallest absolute Gasteiger partial charge is 0.236 e. The minimum Gasteiger partial charge on any atom is -0.368 e. The lowest BCUT2D eigenvalue weighted by Gasteiger charge is -2.36. The highest BCUT2D eigenvalue weighted by Crippen LogP contribution is 2.15. The Kier molecular flexibility index (Phi) is 6.40. The maximum Gasteiger partial charge on any atom is 0.236 e. The van der Waals surface area contributed by atoms with E-state index in [-0.39, 0.29) is 11.8 Å². The Balaban J connectivity index is 1.67. The van der Waals surface area contributed by atoms with Gasteiger partial charge in [0, 0.05) is 44.8 Å². The molecule has 0 aromatic heterocycles. The highest BCUT2D eigenvalue weighted by Gasteiger charge is 2.20. The molecule has 1 fully saturated rings. The van der Waals surface area contributed by atoms with E-state index in [2.05, 4.69) is 22.3 Å². The van der Waals surface area contributed by atoms with E-state index >= 15 is 0 Å². The molecule has 0 saturated carbocycles. The molecule has 23 heavy (non-hydrogen) atoms. The number of hydrogen-bond acceptors (Lipinski definition) is 4. The van der Waals surface area contributed by atoms with Gasteiger partial charge in [-0.25, -0.2) is 0 Å². The van der Waals surface area contributed by atoms with Crippen molar-refractivity contribution in [2.45, 2.75) is 25.8 Å². The highest BCUT2D eigenvalue weighted by atomic mass is 16.2. The van der Waals surface area contributed by atoms with Gasteiger partial charge < -0.3 is 20.9 Å². The van der Waals surface area contributed by atoms with E-state index in [1.54, 1.807) is 6.92 Å². The molecule has 6 nitrogen and oxygen atoms in total. The zero-order chi connectivity index (χ0) is 16.7. The van der Waals surface area contributed by atoms with Gasteiger partial charge in [0.15, 0.2) is 0 Å². The summed E-state index contributed by atoms with van der Waals surface area (Å²) in [6.07, 6.45) is 1.11. The zero-order valence-corrected chi connectivity index (χ0v) is 13.7. The first-order valence-corrected chi connectivity index (χ1v) is 8.19. The van der Waals surface area contributed by atoms with Crippen LogP contribution >= 0.6 is 0 Å². The van der Waals surface area contributed by atoms with Crippen molar-refractivity contribution in [1.29, 1.82) is 0 Å². The molecule has 1 heterocycles. The van der Waals surface area contributed by atoms with Crippen molar-refractivity contribution in [1.82, 2.24) is 10.2 Å². The zero-order valence-electron chi connectivity index (χ0n) is 13.7. The van der Waals surface area contributed by atoms with Crippen LogP contribution in [-0.2, 0) is 9.59 Å². The molecule has 1 saturated heterocycles. The van der Waals surface area contributed by atoms with Gasteiger partial charge in [0.2, 0.25) is 11.8 Å². The lowest BCUT2D eigenvalue weighted by Crippen LogP contribution is -2.48. The van der Waals surface area contributed by atoms with E-state index in [1.807, 2.05) is 23.1 Å². The molecule has 0 aliphatic carbocycles. The standard InChI is InChI=1S/C17H26N4O2/c1-14(18)17(23)19-9-5-8-16(22)21-12-10-20(11-13-21)15-6-3-2-4-7-15/h2-4,6-7,14H,5,8-13,18H2,1H3,(H,19,23). The fourth-order valence-electron chi connectivity index (χ4n) is 2.62. The van der Waals surface area contributed by atoms with Gasteiger partial charge in [-0.05, 0) is 25.5 Å². The Labute approximate surface area is 137 Å². The fraction of sp³-hybridized carbons (Fsp3) is 0.529. The molecule has 2 amide bonds. The lowest BCUT2D eigenvalue weighted by molar-refractivity contribution is -0.131. The van der Waals surface area contributed by atoms with Crippen molar-refractivity contribution in [2.75, 3.05) is 37.6 Å². The normalized spacial score (nSPS) is 16.1. The minimum atomic E-state index is -0.503. The largest absolute Gasteiger partial charge is 0.368 e. The van der Waals surface area contributed by atoms with Crippen LogP contribution in [0.4, 0.5) is 5.69 Å². The van der Waals surface area contributed by atoms with Crippen LogP contribution in [0.3, 0.4) is 0 Å². The summed E-state index contributed by atoms with van der Waals surface area (Å²) in [6, 6.07) is 9.76. The average molecular weight is 318 g/mol. The number of benzene rings is 1. The van der Waals surface area contributed by atoms with Gasteiger partial charge in [0.05, 0.1) is 6.04 Å². The first kappa shape index (κ1) is 17.3. The maximum absolute atomic E-state index is 12.2. The first-order chi connectivity index (χ1) is 11.1. The summed E-state index contributed by atoms with van der Waals surface area (Å²) in [5.41, 5.74) is 6.67. The van der Waals surface area contributed by atoms with E-state index in [1.165, 1.54) is 5.69 Å². The number of anilines is 1. The number of carbonyl (C=O) groups is 2. The van der Waals surface area contributed by atoms with E-state index in [4.69, 9.17) is 5.73 Å². The third-order valence-electron chi connectivity index (χ3n) is 4.03. The third kappa shape index (κ3) is 5.25. The van der Waals surface area contributed by atoms with Gasteiger partial charge in [-0.2, -0.15) is 0 Å². The van der Waals surface area contributed by atoms with E-state index in [0.717, 1.165) is 26.2 Å². The number of para-hydroxylation sites is 1. The molecule has 0 bridgehead atoms. The van der Waals surface area contributed by atoms with Gasteiger partial charge in [-0.1, -0.05) is 18.2 Å². The molecule has 1 aliphatic rings. The van der Waals surface area contributed by atoms with Gasteiger partial charge in [-0.15, -0.1) is 0 Å². The second kappa shape index (κ2) is 8.53. The molecule has 3 N–H and O–H groups in total.